The Kier molecular flexibility index (Phi) is 8.34. The fourth-order valence-corrected chi connectivity index (χ4v) is 4.54. The Morgan fingerprint density at radius 1 is 0.875 bits per heavy atom. The molecule has 0 bridgehead atoms. The number of nitrogens with zero attached hydrogens (tertiary/aromatic N) is 3. The normalized spacial score (nSPS) is 19.4. The highest BCUT2D eigenvalue weighted by atomic mass is 16.2. The second-order valence-corrected chi connectivity index (χ2v) is 10.7. The predicted molar refractivity (Wildman–Crippen MR) is 130 cm³/mol. The topological polar surface area (TPSA) is 55.9 Å². The molecule has 3 rings (SSSR count). The van der Waals surface area contributed by atoms with E-state index in [-0.39, 0.29) is 23.1 Å². The molecule has 1 aromatic rings. The van der Waals surface area contributed by atoms with Crippen LogP contribution >= 0.6 is 0 Å². The van der Waals surface area contributed by atoms with Crippen LogP contribution in [-0.4, -0.2) is 84.9 Å². The second-order valence-electron chi connectivity index (χ2n) is 10.7. The molecule has 2 fully saturated rings. The Bertz CT molecular complexity index is 755. The van der Waals surface area contributed by atoms with Crippen molar-refractivity contribution in [2.45, 2.75) is 58.9 Å². The summed E-state index contributed by atoms with van der Waals surface area (Å²) in [7, 11) is 0. The number of likely N-dealkylation sites (tertiary alicyclic amines) is 1. The predicted octanol–water partition coefficient (Wildman–Crippen LogP) is 2.98. The molecule has 1 atom stereocenters. The van der Waals surface area contributed by atoms with Crippen molar-refractivity contribution in [2.75, 3.05) is 52.4 Å². The van der Waals surface area contributed by atoms with Crippen molar-refractivity contribution in [3.63, 3.8) is 0 Å². The molecule has 32 heavy (non-hydrogen) atoms. The van der Waals surface area contributed by atoms with Gasteiger partial charge in [-0.3, -0.25) is 14.5 Å². The number of nitrogens with one attached hydrogen (secondary N) is 1. The lowest BCUT2D eigenvalue weighted by atomic mass is 9.86. The highest BCUT2D eigenvalue weighted by Gasteiger charge is 2.31. The molecular formula is C26H42N4O2. The highest BCUT2D eigenvalue weighted by Crippen LogP contribution is 2.22. The average Bonchev–Trinajstić information content (AvgIpc) is 3.29. The summed E-state index contributed by atoms with van der Waals surface area (Å²) in [6.45, 7) is 18.4. The maximum Gasteiger partial charge on any atom is 0.251 e. The Morgan fingerprint density at radius 3 is 1.91 bits per heavy atom. The van der Waals surface area contributed by atoms with Gasteiger partial charge in [-0.15, -0.1) is 0 Å². The Morgan fingerprint density at radius 2 is 1.41 bits per heavy atom. The molecule has 6 nitrogen and oxygen atoms in total. The van der Waals surface area contributed by atoms with Crippen LogP contribution < -0.4 is 5.32 Å². The molecule has 2 aliphatic heterocycles. The quantitative estimate of drug-likeness (QED) is 0.705. The molecule has 2 heterocycles. The zero-order valence-electron chi connectivity index (χ0n) is 20.7. The Hall–Kier alpha value is -1.92. The van der Waals surface area contributed by atoms with Crippen LogP contribution in [0.5, 0.6) is 0 Å². The molecule has 0 aliphatic carbocycles. The van der Waals surface area contributed by atoms with Crippen molar-refractivity contribution in [2.24, 2.45) is 5.92 Å². The number of piperazine rings is 1. The SMILES string of the molecule is CC(C)C(NC(=O)c1ccc(C(C)(C)C)cc1)C(=O)N1CCN(CCN2CCCC2)CC1. The maximum atomic E-state index is 13.3. The van der Waals surface area contributed by atoms with Crippen molar-refractivity contribution in [3.8, 4) is 0 Å². The van der Waals surface area contributed by atoms with E-state index in [0.29, 0.717) is 5.56 Å². The van der Waals surface area contributed by atoms with Gasteiger partial charge in [0.05, 0.1) is 0 Å². The average molecular weight is 443 g/mol. The van der Waals surface area contributed by atoms with E-state index in [1.54, 1.807) is 0 Å². The lowest BCUT2D eigenvalue weighted by molar-refractivity contribution is -0.136. The summed E-state index contributed by atoms with van der Waals surface area (Å²) in [6.07, 6.45) is 2.65. The molecule has 0 radical (unpaired) electrons. The van der Waals surface area contributed by atoms with Gasteiger partial charge in [-0.05, 0) is 55.0 Å². The van der Waals surface area contributed by atoms with E-state index in [1.165, 1.54) is 31.5 Å². The smallest absolute Gasteiger partial charge is 0.251 e. The molecule has 6 heteroatoms. The number of carbonyl (C=O) groups excluding carboxylic acids is 2. The van der Waals surface area contributed by atoms with E-state index in [4.69, 9.17) is 0 Å². The third-order valence-corrected chi connectivity index (χ3v) is 6.85. The fraction of sp³-hybridized carbons (Fsp3) is 0.692. The summed E-state index contributed by atoms with van der Waals surface area (Å²) in [5.74, 6) is -0.103. The van der Waals surface area contributed by atoms with E-state index >= 15 is 0 Å². The zero-order valence-corrected chi connectivity index (χ0v) is 20.7. The summed E-state index contributed by atoms with van der Waals surface area (Å²) in [5.41, 5.74) is 1.83. The lowest BCUT2D eigenvalue weighted by Gasteiger charge is -2.37. The van der Waals surface area contributed by atoms with E-state index in [1.807, 2.05) is 43.0 Å². The van der Waals surface area contributed by atoms with Gasteiger partial charge >= 0.3 is 0 Å². The number of amides is 2. The van der Waals surface area contributed by atoms with Crippen molar-refractivity contribution in [1.29, 1.82) is 0 Å². The summed E-state index contributed by atoms with van der Waals surface area (Å²) >= 11 is 0. The van der Waals surface area contributed by atoms with Gasteiger partial charge in [0.15, 0.2) is 0 Å². The number of carbonyl (C=O) groups is 2. The molecule has 1 unspecified atom stereocenters. The largest absolute Gasteiger partial charge is 0.340 e. The van der Waals surface area contributed by atoms with E-state index in [0.717, 1.165) is 39.3 Å². The molecule has 2 aliphatic rings. The van der Waals surface area contributed by atoms with Gasteiger partial charge in [-0.2, -0.15) is 0 Å². The van der Waals surface area contributed by atoms with E-state index in [2.05, 4.69) is 35.9 Å². The van der Waals surface area contributed by atoms with Crippen molar-refractivity contribution < 1.29 is 9.59 Å². The van der Waals surface area contributed by atoms with Crippen molar-refractivity contribution in [1.82, 2.24) is 20.0 Å². The monoisotopic (exact) mass is 442 g/mol. The first-order chi connectivity index (χ1) is 15.1. The van der Waals surface area contributed by atoms with E-state index in [9.17, 15) is 9.59 Å². The Balaban J connectivity index is 1.52. The number of rotatable bonds is 7. The van der Waals surface area contributed by atoms with Crippen LogP contribution in [-0.2, 0) is 10.2 Å². The van der Waals surface area contributed by atoms with Crippen molar-refractivity contribution in [3.05, 3.63) is 35.4 Å². The number of hydrogen-bond acceptors (Lipinski definition) is 4. The van der Waals surface area contributed by atoms with Gasteiger partial charge in [0.1, 0.15) is 6.04 Å². The molecule has 2 amide bonds. The number of hydrogen-bond donors (Lipinski definition) is 1. The fourth-order valence-electron chi connectivity index (χ4n) is 4.54. The van der Waals surface area contributed by atoms with Crippen molar-refractivity contribution >= 4 is 11.8 Å². The van der Waals surface area contributed by atoms with Crippen LogP contribution in [0, 0.1) is 5.92 Å². The molecule has 2 saturated heterocycles. The first-order valence-electron chi connectivity index (χ1n) is 12.3. The summed E-state index contributed by atoms with van der Waals surface area (Å²) < 4.78 is 0. The zero-order chi connectivity index (χ0) is 23.3. The minimum atomic E-state index is -0.499. The van der Waals surface area contributed by atoms with Crippen LogP contribution in [0.4, 0.5) is 0 Å². The maximum absolute atomic E-state index is 13.3. The van der Waals surface area contributed by atoms with Gasteiger partial charge in [-0.1, -0.05) is 46.8 Å². The third-order valence-electron chi connectivity index (χ3n) is 6.85. The van der Waals surface area contributed by atoms with Gasteiger partial charge in [0, 0.05) is 44.8 Å². The first kappa shape index (κ1) is 24.7. The second kappa shape index (κ2) is 10.8. The molecule has 0 aromatic heterocycles. The van der Waals surface area contributed by atoms with Crippen LogP contribution in [0.2, 0.25) is 0 Å². The van der Waals surface area contributed by atoms with Crippen LogP contribution in [0.25, 0.3) is 0 Å². The van der Waals surface area contributed by atoms with Crippen LogP contribution in [0.3, 0.4) is 0 Å². The minimum absolute atomic E-state index is 0.0356. The molecule has 1 N–H and O–H groups in total. The molecular weight excluding hydrogens is 400 g/mol. The van der Waals surface area contributed by atoms with Gasteiger partial charge in [-0.25, -0.2) is 0 Å². The molecule has 178 valence electrons. The lowest BCUT2D eigenvalue weighted by Crippen LogP contribution is -2.56. The Labute approximate surface area is 194 Å². The molecule has 1 aromatic carbocycles. The standard InChI is InChI=1S/C26H42N4O2/c1-20(2)23(27-24(31)21-8-10-22(11-9-21)26(3,4)5)25(32)30-18-16-29(17-19-30)15-14-28-12-6-7-13-28/h8-11,20,23H,6-7,12-19H2,1-5H3,(H,27,31). The van der Waals surface area contributed by atoms with Gasteiger partial charge in [0.2, 0.25) is 5.91 Å². The van der Waals surface area contributed by atoms with Crippen LogP contribution in [0.15, 0.2) is 24.3 Å². The summed E-state index contributed by atoms with van der Waals surface area (Å²) in [4.78, 5) is 33.1. The highest BCUT2D eigenvalue weighted by molar-refractivity contribution is 5.97. The van der Waals surface area contributed by atoms with Crippen LogP contribution in [0.1, 0.15) is 63.4 Å². The van der Waals surface area contributed by atoms with E-state index < -0.39 is 6.04 Å². The van der Waals surface area contributed by atoms with Gasteiger partial charge < -0.3 is 15.1 Å². The third kappa shape index (κ3) is 6.55. The minimum Gasteiger partial charge on any atom is -0.340 e. The first-order valence-corrected chi connectivity index (χ1v) is 12.3. The summed E-state index contributed by atoms with van der Waals surface area (Å²) in [5, 5.41) is 3.01. The molecule has 0 saturated carbocycles. The molecule has 0 spiro atoms. The number of benzene rings is 1. The van der Waals surface area contributed by atoms with Gasteiger partial charge in [0.25, 0.3) is 5.91 Å². The summed E-state index contributed by atoms with van der Waals surface area (Å²) in [6, 6.07) is 7.22.